The second-order valence-electron chi connectivity index (χ2n) is 3.78. The lowest BCUT2D eigenvalue weighted by Crippen LogP contribution is -2.37. The largest absolute Gasteiger partial charge is 0.388 e. The van der Waals surface area contributed by atoms with E-state index in [1.165, 1.54) is 12.4 Å². The fraction of sp³-hybridized carbons (Fsp3) is 0.400. The van der Waals surface area contributed by atoms with E-state index in [4.69, 9.17) is 11.1 Å². The van der Waals surface area contributed by atoms with Gasteiger partial charge in [-0.15, -0.1) is 0 Å². The summed E-state index contributed by atoms with van der Waals surface area (Å²) in [5.74, 6) is -3.77. The summed E-state index contributed by atoms with van der Waals surface area (Å²) in [6.07, 6.45) is 2.78. The Morgan fingerprint density at radius 3 is 2.68 bits per heavy atom. The molecule has 9 heteroatoms. The number of hydrogen-bond acceptors (Lipinski definition) is 4. The average Bonchev–Trinajstić information content (AvgIpc) is 2.35. The Morgan fingerprint density at radius 1 is 1.53 bits per heavy atom. The molecular weight excluding hydrogens is 278 g/mol. The maximum atomic E-state index is 12.6. The third-order valence-corrected chi connectivity index (χ3v) is 3.78. The van der Waals surface area contributed by atoms with Gasteiger partial charge in [-0.1, -0.05) is 6.07 Å². The molecule has 0 fully saturated rings. The minimum atomic E-state index is -4.71. The molecule has 0 aliphatic heterocycles. The van der Waals surface area contributed by atoms with Gasteiger partial charge < -0.3 is 5.73 Å². The Kier molecular flexibility index (Phi) is 5.31. The average molecular weight is 292 g/mol. The van der Waals surface area contributed by atoms with E-state index in [0.29, 0.717) is 9.87 Å². The van der Waals surface area contributed by atoms with Crippen molar-refractivity contribution in [2.75, 3.05) is 6.54 Å². The number of rotatable bonds is 7. The number of sulfonamides is 1. The van der Waals surface area contributed by atoms with Gasteiger partial charge in [-0.3, -0.25) is 10.4 Å². The van der Waals surface area contributed by atoms with Crippen molar-refractivity contribution in [2.45, 2.75) is 18.7 Å². The molecular formula is C10H14F2N4O2S. The van der Waals surface area contributed by atoms with Gasteiger partial charge in [0.2, 0.25) is 0 Å². The van der Waals surface area contributed by atoms with Crippen molar-refractivity contribution in [3.05, 3.63) is 30.1 Å². The van der Waals surface area contributed by atoms with Crippen molar-refractivity contribution in [3.8, 4) is 0 Å². The van der Waals surface area contributed by atoms with Gasteiger partial charge in [0.1, 0.15) is 0 Å². The van der Waals surface area contributed by atoms with Crippen molar-refractivity contribution in [1.82, 2.24) is 9.29 Å². The van der Waals surface area contributed by atoms with Crippen LogP contribution in [0.1, 0.15) is 12.0 Å². The molecule has 0 bridgehead atoms. The van der Waals surface area contributed by atoms with Gasteiger partial charge in [-0.05, 0) is 11.6 Å². The molecule has 19 heavy (non-hydrogen) atoms. The molecule has 1 heterocycles. The number of alkyl halides is 2. The standard InChI is InChI=1S/C10H14F2N4O2S/c11-10(12)19(17,18)16(5-3-9(13)14)7-8-2-1-4-15-6-8/h1-2,4,6,10H,3,5,7H2,(H3,13,14). The molecule has 0 saturated heterocycles. The summed E-state index contributed by atoms with van der Waals surface area (Å²) in [4.78, 5) is 3.78. The molecule has 0 aliphatic carbocycles. The quantitative estimate of drug-likeness (QED) is 0.572. The molecule has 0 unspecified atom stereocenters. The number of aromatic nitrogens is 1. The van der Waals surface area contributed by atoms with Crippen LogP contribution >= 0.6 is 0 Å². The smallest absolute Gasteiger partial charge is 0.350 e. The molecule has 0 saturated carbocycles. The van der Waals surface area contributed by atoms with Crippen molar-refractivity contribution >= 4 is 15.9 Å². The Morgan fingerprint density at radius 2 is 2.21 bits per heavy atom. The van der Waals surface area contributed by atoms with Crippen LogP contribution in [0.15, 0.2) is 24.5 Å². The predicted octanol–water partition coefficient (Wildman–Crippen LogP) is 0.762. The van der Waals surface area contributed by atoms with E-state index in [9.17, 15) is 17.2 Å². The fourth-order valence-corrected chi connectivity index (χ4v) is 2.25. The van der Waals surface area contributed by atoms with Crippen molar-refractivity contribution in [1.29, 1.82) is 5.41 Å². The minimum Gasteiger partial charge on any atom is -0.388 e. The summed E-state index contributed by atoms with van der Waals surface area (Å²) < 4.78 is 48.7. The van der Waals surface area contributed by atoms with Crippen molar-refractivity contribution < 1.29 is 17.2 Å². The highest BCUT2D eigenvalue weighted by Gasteiger charge is 2.31. The first-order valence-corrected chi connectivity index (χ1v) is 6.83. The van der Waals surface area contributed by atoms with Gasteiger partial charge in [0.15, 0.2) is 0 Å². The van der Waals surface area contributed by atoms with Crippen molar-refractivity contribution in [2.24, 2.45) is 5.73 Å². The number of amidine groups is 1. The van der Waals surface area contributed by atoms with Crippen LogP contribution < -0.4 is 5.73 Å². The zero-order valence-electron chi connectivity index (χ0n) is 9.96. The molecule has 0 atom stereocenters. The summed E-state index contributed by atoms with van der Waals surface area (Å²) in [5, 5.41) is 7.04. The molecule has 0 amide bonds. The van der Waals surface area contributed by atoms with Crippen LogP contribution in [0.4, 0.5) is 8.78 Å². The number of nitrogens with two attached hydrogens (primary N) is 1. The summed E-state index contributed by atoms with van der Waals surface area (Å²) in [6, 6.07) is 3.15. The zero-order valence-corrected chi connectivity index (χ0v) is 10.8. The molecule has 1 aromatic heterocycles. The van der Waals surface area contributed by atoms with Gasteiger partial charge in [-0.25, -0.2) is 8.42 Å². The number of nitrogens with one attached hydrogen (secondary N) is 1. The molecule has 1 rings (SSSR count). The number of halogens is 2. The van der Waals surface area contributed by atoms with Gasteiger partial charge in [0.05, 0.1) is 5.84 Å². The van der Waals surface area contributed by atoms with Gasteiger partial charge >= 0.3 is 5.76 Å². The third-order valence-electron chi connectivity index (χ3n) is 2.30. The van der Waals surface area contributed by atoms with E-state index in [1.807, 2.05) is 0 Å². The molecule has 3 N–H and O–H groups in total. The number of pyridine rings is 1. The minimum absolute atomic E-state index is 0.105. The SMILES string of the molecule is N=C(N)CCN(Cc1cccnc1)S(=O)(=O)C(F)F. The van der Waals surface area contributed by atoms with Gasteiger partial charge in [0, 0.05) is 31.9 Å². The lowest BCUT2D eigenvalue weighted by Gasteiger charge is -2.21. The highest BCUT2D eigenvalue weighted by molar-refractivity contribution is 7.89. The van der Waals surface area contributed by atoms with E-state index in [0.717, 1.165) is 0 Å². The zero-order chi connectivity index (χ0) is 14.5. The second-order valence-corrected chi connectivity index (χ2v) is 5.68. The van der Waals surface area contributed by atoms with Crippen LogP contribution in [0.25, 0.3) is 0 Å². The highest BCUT2D eigenvalue weighted by Crippen LogP contribution is 2.15. The molecule has 106 valence electrons. The third kappa shape index (κ3) is 4.52. The van der Waals surface area contributed by atoms with E-state index in [1.54, 1.807) is 12.1 Å². The number of hydrogen-bond donors (Lipinski definition) is 2. The molecule has 0 aliphatic rings. The van der Waals surface area contributed by atoms with Crippen LogP contribution in [-0.4, -0.2) is 35.8 Å². The lowest BCUT2D eigenvalue weighted by molar-refractivity contribution is 0.218. The molecule has 6 nitrogen and oxygen atoms in total. The van der Waals surface area contributed by atoms with Crippen molar-refractivity contribution in [3.63, 3.8) is 0 Å². The van der Waals surface area contributed by atoms with Crippen LogP contribution in [0.5, 0.6) is 0 Å². The Labute approximate surface area is 109 Å². The van der Waals surface area contributed by atoms with Crippen LogP contribution in [-0.2, 0) is 16.6 Å². The summed E-state index contributed by atoms with van der Waals surface area (Å²) in [6.45, 7) is -0.495. The maximum absolute atomic E-state index is 12.6. The molecule has 1 aromatic rings. The summed E-state index contributed by atoms with van der Waals surface area (Å²) >= 11 is 0. The number of nitrogens with zero attached hydrogens (tertiary/aromatic N) is 2. The highest BCUT2D eigenvalue weighted by atomic mass is 32.2. The maximum Gasteiger partial charge on any atom is 0.350 e. The van der Waals surface area contributed by atoms with Crippen LogP contribution in [0.3, 0.4) is 0 Å². The molecule has 0 radical (unpaired) electrons. The second kappa shape index (κ2) is 6.53. The predicted molar refractivity (Wildman–Crippen MR) is 66.1 cm³/mol. The van der Waals surface area contributed by atoms with Crippen LogP contribution in [0.2, 0.25) is 0 Å². The molecule has 0 spiro atoms. The molecule has 0 aromatic carbocycles. The first kappa shape index (κ1) is 15.4. The first-order chi connectivity index (χ1) is 8.84. The first-order valence-electron chi connectivity index (χ1n) is 5.33. The van der Waals surface area contributed by atoms with Crippen LogP contribution in [0, 0.1) is 5.41 Å². The Bertz CT molecular complexity index is 522. The lowest BCUT2D eigenvalue weighted by atomic mass is 10.3. The Balaban J connectivity index is 2.90. The normalized spacial score (nSPS) is 12.0. The summed E-state index contributed by atoms with van der Waals surface area (Å²) in [5.41, 5.74) is 5.60. The monoisotopic (exact) mass is 292 g/mol. The van der Waals surface area contributed by atoms with E-state index < -0.39 is 15.8 Å². The Hall–Kier alpha value is -1.61. The summed E-state index contributed by atoms with van der Waals surface area (Å²) in [7, 11) is -4.71. The topological polar surface area (TPSA) is 100 Å². The van der Waals surface area contributed by atoms with Gasteiger partial charge in [-0.2, -0.15) is 13.1 Å². The van der Waals surface area contributed by atoms with E-state index in [-0.39, 0.29) is 25.3 Å². The van der Waals surface area contributed by atoms with E-state index in [2.05, 4.69) is 4.98 Å². The fourth-order valence-electron chi connectivity index (χ4n) is 1.35. The van der Waals surface area contributed by atoms with Gasteiger partial charge in [0.25, 0.3) is 10.0 Å². The van der Waals surface area contributed by atoms with E-state index >= 15 is 0 Å².